The Morgan fingerprint density at radius 1 is 0.692 bits per heavy atom. The first-order valence-electron chi connectivity index (χ1n) is 10.5. The van der Waals surface area contributed by atoms with Crippen molar-refractivity contribution in [3.8, 4) is 0 Å². The van der Waals surface area contributed by atoms with Crippen molar-refractivity contribution in [3.05, 3.63) is 0 Å². The normalized spacial score (nSPS) is 11.8. The third kappa shape index (κ3) is 24.7. The molecule has 0 aromatic heterocycles. The topological polar surface area (TPSA) is 52.6 Å². The average molecular weight is 401 g/mol. The van der Waals surface area contributed by atoms with Gasteiger partial charge >= 0.3 is 43.8 Å². The molecule has 0 bridgehead atoms. The first kappa shape index (κ1) is 28.9. The summed E-state index contributed by atoms with van der Waals surface area (Å²) >= 11 is 0. The summed E-state index contributed by atoms with van der Waals surface area (Å²) in [6.07, 6.45) is 21.2. The maximum atomic E-state index is 11.1. The SMILES string of the molecule is CCCCCCCCCCCCCCCCCCO[PH](=O)OC(C)=O.[NaH]. The summed E-state index contributed by atoms with van der Waals surface area (Å²) in [6, 6.07) is 0. The van der Waals surface area contributed by atoms with Gasteiger partial charge in [-0.1, -0.05) is 103 Å². The molecule has 0 rings (SSSR count). The molecule has 0 radical (unpaired) electrons. The van der Waals surface area contributed by atoms with Crippen LogP contribution in [0.2, 0.25) is 0 Å². The van der Waals surface area contributed by atoms with Gasteiger partial charge in [-0.2, -0.15) is 0 Å². The number of rotatable bonds is 19. The van der Waals surface area contributed by atoms with Crippen LogP contribution < -0.4 is 0 Å². The fourth-order valence-electron chi connectivity index (χ4n) is 2.95. The third-order valence-electron chi connectivity index (χ3n) is 4.44. The second-order valence-corrected chi connectivity index (χ2v) is 7.99. The minimum absolute atomic E-state index is 0. The molecule has 0 spiro atoms. The zero-order valence-corrected chi connectivity index (χ0v) is 17.7. The van der Waals surface area contributed by atoms with Gasteiger partial charge in [0.25, 0.3) is 0 Å². The van der Waals surface area contributed by atoms with Gasteiger partial charge in [-0.3, -0.25) is 4.79 Å². The quantitative estimate of drug-likeness (QED) is 0.140. The van der Waals surface area contributed by atoms with Gasteiger partial charge in [0.2, 0.25) is 0 Å². The molecule has 26 heavy (non-hydrogen) atoms. The molecule has 4 nitrogen and oxygen atoms in total. The van der Waals surface area contributed by atoms with E-state index in [2.05, 4.69) is 11.4 Å². The van der Waals surface area contributed by atoms with E-state index in [0.717, 1.165) is 12.8 Å². The van der Waals surface area contributed by atoms with Gasteiger partial charge in [0.15, 0.2) is 0 Å². The van der Waals surface area contributed by atoms with E-state index in [1.165, 1.54) is 96.8 Å². The van der Waals surface area contributed by atoms with Crippen molar-refractivity contribution in [2.75, 3.05) is 6.61 Å². The first-order chi connectivity index (χ1) is 12.2. The van der Waals surface area contributed by atoms with Crippen LogP contribution in [0.15, 0.2) is 0 Å². The average Bonchev–Trinajstić information content (AvgIpc) is 2.57. The summed E-state index contributed by atoms with van der Waals surface area (Å²) in [5.41, 5.74) is 0. The second-order valence-electron chi connectivity index (χ2n) is 7.00. The predicted molar refractivity (Wildman–Crippen MR) is 113 cm³/mol. The van der Waals surface area contributed by atoms with Crippen molar-refractivity contribution in [1.82, 2.24) is 0 Å². The summed E-state index contributed by atoms with van der Waals surface area (Å²) in [6.45, 7) is 3.93. The molecule has 0 aliphatic rings. The summed E-state index contributed by atoms with van der Waals surface area (Å²) in [5.74, 6) is -0.545. The van der Waals surface area contributed by atoms with Crippen LogP contribution in [0, 0.1) is 0 Å². The van der Waals surface area contributed by atoms with Crippen LogP contribution in [0.4, 0.5) is 0 Å². The van der Waals surface area contributed by atoms with E-state index < -0.39 is 14.2 Å². The van der Waals surface area contributed by atoms with Crippen LogP contribution >= 0.6 is 8.25 Å². The first-order valence-corrected chi connectivity index (χ1v) is 11.7. The molecule has 0 aliphatic heterocycles. The number of unbranched alkanes of at least 4 members (excludes halogenated alkanes) is 15. The zero-order valence-electron chi connectivity index (χ0n) is 16.7. The standard InChI is InChI=1S/C20H41O4P.Na.H/c1-3-4-5-6-7-8-9-10-11-12-13-14-15-16-17-18-19-23-25(22)24-20(2)21;;/h25H,3-19H2,1-2H3;;. The van der Waals surface area contributed by atoms with E-state index in [9.17, 15) is 9.36 Å². The van der Waals surface area contributed by atoms with Gasteiger partial charge in [0.1, 0.15) is 0 Å². The molecule has 1 atom stereocenters. The summed E-state index contributed by atoms with van der Waals surface area (Å²) in [5, 5.41) is 0. The Morgan fingerprint density at radius 3 is 1.38 bits per heavy atom. The van der Waals surface area contributed by atoms with Crippen molar-refractivity contribution in [3.63, 3.8) is 0 Å². The third-order valence-corrected chi connectivity index (χ3v) is 5.34. The molecule has 0 saturated heterocycles. The van der Waals surface area contributed by atoms with Gasteiger partial charge in [-0.05, 0) is 6.42 Å². The van der Waals surface area contributed by atoms with Crippen LogP contribution in [-0.2, 0) is 18.4 Å². The molecule has 0 aromatic rings. The van der Waals surface area contributed by atoms with Gasteiger partial charge in [0.05, 0.1) is 6.61 Å². The van der Waals surface area contributed by atoms with Crippen molar-refractivity contribution in [1.29, 1.82) is 0 Å². The molecule has 0 aromatic carbocycles. The van der Waals surface area contributed by atoms with Crippen LogP contribution in [0.1, 0.15) is 117 Å². The molecule has 6 heteroatoms. The monoisotopic (exact) mass is 400 g/mol. The molecule has 0 heterocycles. The number of hydrogen-bond donors (Lipinski definition) is 0. The van der Waals surface area contributed by atoms with E-state index in [0.29, 0.717) is 6.61 Å². The van der Waals surface area contributed by atoms with Gasteiger partial charge in [-0.15, -0.1) is 0 Å². The molecule has 152 valence electrons. The van der Waals surface area contributed by atoms with Crippen molar-refractivity contribution >= 4 is 43.8 Å². The molecule has 1 unspecified atom stereocenters. The molecular weight excluding hydrogens is 358 g/mol. The Bertz CT molecular complexity index is 327. The van der Waals surface area contributed by atoms with Crippen molar-refractivity contribution in [2.24, 2.45) is 0 Å². The summed E-state index contributed by atoms with van der Waals surface area (Å²) < 4.78 is 20.6. The van der Waals surface area contributed by atoms with Gasteiger partial charge < -0.3 is 9.05 Å². The Kier molecular flexibility index (Phi) is 26.3. The van der Waals surface area contributed by atoms with Crippen molar-refractivity contribution in [2.45, 2.75) is 117 Å². The number of hydrogen-bond acceptors (Lipinski definition) is 4. The molecular formula is C20H42NaO4P. The summed E-state index contributed by atoms with van der Waals surface area (Å²) in [4.78, 5) is 10.6. The Morgan fingerprint density at radius 2 is 1.04 bits per heavy atom. The maximum absolute atomic E-state index is 11.1. The van der Waals surface area contributed by atoms with E-state index in [-0.39, 0.29) is 29.6 Å². The van der Waals surface area contributed by atoms with Gasteiger partial charge in [0, 0.05) is 6.92 Å². The van der Waals surface area contributed by atoms with Crippen LogP contribution in [0.5, 0.6) is 0 Å². The molecule has 0 N–H and O–H groups in total. The fourth-order valence-corrected chi connectivity index (χ4v) is 3.56. The van der Waals surface area contributed by atoms with Crippen LogP contribution in [0.3, 0.4) is 0 Å². The van der Waals surface area contributed by atoms with Crippen LogP contribution in [0.25, 0.3) is 0 Å². The predicted octanol–water partition coefficient (Wildman–Crippen LogP) is 6.57. The Hall–Kier alpha value is 0.660. The molecule has 0 amide bonds. The Balaban J connectivity index is 0. The van der Waals surface area contributed by atoms with Gasteiger partial charge in [-0.25, -0.2) is 4.57 Å². The van der Waals surface area contributed by atoms with E-state index in [4.69, 9.17) is 4.52 Å². The molecule has 0 saturated carbocycles. The Labute approximate surface area is 184 Å². The number of carbonyl (C=O) groups excluding carboxylic acids is 1. The van der Waals surface area contributed by atoms with E-state index in [1.54, 1.807) is 0 Å². The molecule has 0 fully saturated rings. The zero-order chi connectivity index (χ0) is 18.6. The second kappa shape index (κ2) is 23.7. The number of carbonyl (C=O) groups is 1. The van der Waals surface area contributed by atoms with Crippen molar-refractivity contribution < 1.29 is 18.4 Å². The van der Waals surface area contributed by atoms with E-state index >= 15 is 0 Å². The van der Waals surface area contributed by atoms with Crippen LogP contribution in [-0.4, -0.2) is 42.1 Å². The fraction of sp³-hybridized carbons (Fsp3) is 0.950. The van der Waals surface area contributed by atoms with E-state index in [1.807, 2.05) is 0 Å². The summed E-state index contributed by atoms with van der Waals surface area (Å²) in [7, 11) is -2.61. The molecule has 0 aliphatic carbocycles. The minimum atomic E-state index is -2.61.